The van der Waals surface area contributed by atoms with Gasteiger partial charge in [-0.05, 0) is 73.0 Å². The molecular formula is C30H52N2OS2. The minimum Gasteiger partial charge on any atom is -0.345 e. The fraction of sp³-hybridized carbons (Fsp3) is 0.767. The molecule has 3 nitrogen and oxygen atoms in total. The normalized spacial score (nSPS) is 19.3. The summed E-state index contributed by atoms with van der Waals surface area (Å²) in [6.45, 7) is 22.4. The number of carbonyl (C=O) groups excluding carboxylic acids is 1. The topological polar surface area (TPSA) is 23.6 Å². The molecule has 0 radical (unpaired) electrons. The van der Waals surface area contributed by atoms with Crippen molar-refractivity contribution in [3.05, 3.63) is 29.3 Å². The van der Waals surface area contributed by atoms with Gasteiger partial charge < -0.3 is 9.80 Å². The fourth-order valence-corrected chi connectivity index (χ4v) is 7.56. The van der Waals surface area contributed by atoms with Crippen LogP contribution in [-0.4, -0.2) is 65.2 Å². The zero-order valence-corrected chi connectivity index (χ0v) is 25.7. The van der Waals surface area contributed by atoms with Crippen LogP contribution in [0.5, 0.6) is 0 Å². The van der Waals surface area contributed by atoms with Gasteiger partial charge in [0.1, 0.15) is 0 Å². The average Bonchev–Trinajstić information content (AvgIpc) is 2.79. The second-order valence-electron chi connectivity index (χ2n) is 12.2. The largest absolute Gasteiger partial charge is 0.345 e. The molecule has 200 valence electrons. The monoisotopic (exact) mass is 520 g/mol. The maximum absolute atomic E-state index is 12.9. The second-order valence-corrected chi connectivity index (χ2v) is 14.8. The van der Waals surface area contributed by atoms with Gasteiger partial charge >= 0.3 is 0 Å². The van der Waals surface area contributed by atoms with Crippen LogP contribution in [0, 0.1) is 0 Å². The number of carbonyl (C=O) groups is 1. The first-order valence-electron chi connectivity index (χ1n) is 13.8. The highest BCUT2D eigenvalue weighted by Crippen LogP contribution is 2.42. The Labute approximate surface area is 225 Å². The first kappa shape index (κ1) is 30.6. The van der Waals surface area contributed by atoms with E-state index in [2.05, 4.69) is 90.3 Å². The summed E-state index contributed by atoms with van der Waals surface area (Å²) < 4.78 is 0. The molecule has 0 saturated heterocycles. The van der Waals surface area contributed by atoms with Gasteiger partial charge in [0.15, 0.2) is 0 Å². The SMILES string of the molecule is CCN(CC)CCCN(C)C(=O)CS[C@@H]1CCCC[C@H]1Sc1cc(C(C)(C)C)cc(C(C)(C)C)c1. The molecule has 0 aromatic heterocycles. The molecule has 35 heavy (non-hydrogen) atoms. The van der Waals surface area contributed by atoms with Crippen LogP contribution in [0.2, 0.25) is 0 Å². The van der Waals surface area contributed by atoms with E-state index in [1.54, 1.807) is 0 Å². The standard InChI is InChI=1S/C30H52N2OS2/c1-10-32(11-2)18-14-17-31(9)28(33)22-34-26-15-12-13-16-27(26)35-25-20-23(29(3,4)5)19-24(21-25)30(6,7)8/h19-21,26-27H,10-18,22H2,1-9H3/t26-,27-/m1/s1. The Morgan fingerprint density at radius 2 is 1.43 bits per heavy atom. The summed E-state index contributed by atoms with van der Waals surface area (Å²) in [5.41, 5.74) is 3.13. The van der Waals surface area contributed by atoms with Gasteiger partial charge in [0.2, 0.25) is 5.91 Å². The van der Waals surface area contributed by atoms with E-state index in [4.69, 9.17) is 0 Å². The molecular weight excluding hydrogens is 468 g/mol. The molecule has 5 heteroatoms. The van der Waals surface area contributed by atoms with Gasteiger partial charge in [-0.1, -0.05) is 74.3 Å². The van der Waals surface area contributed by atoms with Crippen molar-refractivity contribution in [2.75, 3.05) is 39.0 Å². The Morgan fingerprint density at radius 1 is 0.886 bits per heavy atom. The quantitative estimate of drug-likeness (QED) is 0.300. The van der Waals surface area contributed by atoms with Crippen LogP contribution in [0.15, 0.2) is 23.1 Å². The molecule has 0 heterocycles. The third-order valence-electron chi connectivity index (χ3n) is 7.28. The predicted octanol–water partition coefficient (Wildman–Crippen LogP) is 7.61. The Hall–Kier alpha value is -0.650. The molecule has 2 rings (SSSR count). The van der Waals surface area contributed by atoms with E-state index in [0.717, 1.165) is 32.6 Å². The number of hydrogen-bond acceptors (Lipinski definition) is 4. The molecule has 0 N–H and O–H groups in total. The Morgan fingerprint density at radius 3 is 1.94 bits per heavy atom. The molecule has 1 fully saturated rings. The van der Waals surface area contributed by atoms with Gasteiger partial charge in [-0.2, -0.15) is 0 Å². The third kappa shape index (κ3) is 9.97. The van der Waals surface area contributed by atoms with Crippen LogP contribution < -0.4 is 0 Å². The zero-order valence-electron chi connectivity index (χ0n) is 24.1. The molecule has 1 aliphatic carbocycles. The second kappa shape index (κ2) is 13.8. The van der Waals surface area contributed by atoms with Gasteiger partial charge in [0, 0.05) is 29.0 Å². The van der Waals surface area contributed by atoms with E-state index in [-0.39, 0.29) is 16.7 Å². The van der Waals surface area contributed by atoms with Gasteiger partial charge in [-0.15, -0.1) is 23.5 Å². The lowest BCUT2D eigenvalue weighted by Gasteiger charge is -2.32. The Bertz CT molecular complexity index is 760. The summed E-state index contributed by atoms with van der Waals surface area (Å²) >= 11 is 3.97. The van der Waals surface area contributed by atoms with E-state index < -0.39 is 0 Å². The number of thioether (sulfide) groups is 2. The van der Waals surface area contributed by atoms with Crippen LogP contribution >= 0.6 is 23.5 Å². The van der Waals surface area contributed by atoms with Crippen LogP contribution in [-0.2, 0) is 15.6 Å². The number of rotatable bonds is 11. The minimum absolute atomic E-state index is 0.138. The molecule has 1 aromatic rings. The summed E-state index contributed by atoms with van der Waals surface area (Å²) in [4.78, 5) is 18.6. The van der Waals surface area contributed by atoms with E-state index in [0.29, 0.717) is 16.3 Å². The third-order valence-corrected chi connectivity index (χ3v) is 10.2. The maximum Gasteiger partial charge on any atom is 0.232 e. The van der Waals surface area contributed by atoms with Gasteiger partial charge in [0.05, 0.1) is 5.75 Å². The molecule has 0 bridgehead atoms. The van der Waals surface area contributed by atoms with E-state index in [1.807, 2.05) is 23.7 Å². The molecule has 1 aromatic carbocycles. The molecule has 0 aliphatic heterocycles. The lowest BCUT2D eigenvalue weighted by Crippen LogP contribution is -2.34. The summed E-state index contributed by atoms with van der Waals surface area (Å²) in [6.07, 6.45) is 6.13. The van der Waals surface area contributed by atoms with Crippen molar-refractivity contribution in [1.82, 2.24) is 9.80 Å². The van der Waals surface area contributed by atoms with Crippen molar-refractivity contribution in [3.63, 3.8) is 0 Å². The summed E-state index contributed by atoms with van der Waals surface area (Å²) in [5.74, 6) is 0.896. The number of benzene rings is 1. The van der Waals surface area contributed by atoms with Crippen LogP contribution in [0.3, 0.4) is 0 Å². The lowest BCUT2D eigenvalue weighted by atomic mass is 9.81. The average molecular weight is 521 g/mol. The highest BCUT2D eigenvalue weighted by molar-refractivity contribution is 8.04. The number of hydrogen-bond donors (Lipinski definition) is 0. The lowest BCUT2D eigenvalue weighted by molar-refractivity contribution is -0.127. The molecule has 0 spiro atoms. The smallest absolute Gasteiger partial charge is 0.232 e. The van der Waals surface area contributed by atoms with Crippen molar-refractivity contribution >= 4 is 29.4 Å². The molecule has 1 saturated carbocycles. The summed E-state index contributed by atoms with van der Waals surface area (Å²) in [7, 11) is 1.98. The fourth-order valence-electron chi connectivity index (χ4n) is 4.58. The Kier molecular flexibility index (Phi) is 12.0. The zero-order chi connectivity index (χ0) is 26.2. The van der Waals surface area contributed by atoms with Crippen molar-refractivity contribution < 1.29 is 4.79 Å². The molecule has 0 unspecified atom stereocenters. The van der Waals surface area contributed by atoms with Crippen molar-refractivity contribution in [3.8, 4) is 0 Å². The summed E-state index contributed by atoms with van der Waals surface area (Å²) in [5, 5.41) is 1.13. The first-order chi connectivity index (χ1) is 16.3. The van der Waals surface area contributed by atoms with Crippen molar-refractivity contribution in [1.29, 1.82) is 0 Å². The van der Waals surface area contributed by atoms with Crippen molar-refractivity contribution in [2.45, 2.75) is 114 Å². The van der Waals surface area contributed by atoms with Crippen molar-refractivity contribution in [2.24, 2.45) is 0 Å². The first-order valence-corrected chi connectivity index (χ1v) is 15.7. The van der Waals surface area contributed by atoms with E-state index >= 15 is 0 Å². The van der Waals surface area contributed by atoms with Gasteiger partial charge in [-0.25, -0.2) is 0 Å². The minimum atomic E-state index is 0.138. The van der Waals surface area contributed by atoms with Crippen LogP contribution in [0.25, 0.3) is 0 Å². The van der Waals surface area contributed by atoms with Crippen LogP contribution in [0.1, 0.15) is 98.6 Å². The van der Waals surface area contributed by atoms with Crippen LogP contribution in [0.4, 0.5) is 0 Å². The van der Waals surface area contributed by atoms with E-state index in [1.165, 1.54) is 41.7 Å². The number of amides is 1. The van der Waals surface area contributed by atoms with Gasteiger partial charge in [-0.3, -0.25) is 4.79 Å². The molecule has 2 atom stereocenters. The highest BCUT2D eigenvalue weighted by atomic mass is 32.2. The maximum atomic E-state index is 12.9. The summed E-state index contributed by atoms with van der Waals surface area (Å²) in [6, 6.07) is 7.25. The Balaban J connectivity index is 2.01. The molecule has 1 aliphatic rings. The highest BCUT2D eigenvalue weighted by Gasteiger charge is 2.29. The van der Waals surface area contributed by atoms with E-state index in [9.17, 15) is 4.79 Å². The predicted molar refractivity (Wildman–Crippen MR) is 158 cm³/mol. The number of nitrogens with zero attached hydrogens (tertiary/aromatic N) is 2. The van der Waals surface area contributed by atoms with Gasteiger partial charge in [0.25, 0.3) is 0 Å². The molecule has 1 amide bonds.